The molecule has 0 aromatic heterocycles. The molecule has 4 aromatic rings. The van der Waals surface area contributed by atoms with Crippen LogP contribution in [-0.2, 0) is 40.7 Å². The van der Waals surface area contributed by atoms with Crippen molar-refractivity contribution in [1.29, 1.82) is 0 Å². The van der Waals surface area contributed by atoms with Crippen LogP contribution in [0.5, 0.6) is 0 Å². The van der Waals surface area contributed by atoms with Gasteiger partial charge in [0.1, 0.15) is 24.4 Å². The molecular weight excluding hydrogens is 805 g/mol. The van der Waals surface area contributed by atoms with Crippen molar-refractivity contribution >= 4 is 23.9 Å². The van der Waals surface area contributed by atoms with E-state index in [9.17, 15) is 19.5 Å². The number of aliphatic hydroxyl groups is 1. The molecule has 2 aliphatic heterocycles. The van der Waals surface area contributed by atoms with Crippen molar-refractivity contribution in [2.45, 2.75) is 108 Å². The molecular formula is C54H60N2O8. The molecule has 0 radical (unpaired) electrons. The molecule has 64 heavy (non-hydrogen) atoms. The Morgan fingerprint density at radius 1 is 0.859 bits per heavy atom. The van der Waals surface area contributed by atoms with Crippen LogP contribution in [0.15, 0.2) is 132 Å². The van der Waals surface area contributed by atoms with Gasteiger partial charge in [0.2, 0.25) is 17.6 Å². The standard InChI is InChI=1S/C54H60N2O8/c1-52(2)34-42-38(24-25-47-53(3,63-47)27-26-43(42)52)30-36-20-22-37(23-21-36)51(60)61-45-32-39(50(59)56(4)44(49(58)55-28-29-57)31-35-14-8-5-9-15-35)33-46-48(45)64-54(62-46,40-16-10-6-11-17-40)41-18-12-7-13-19-41/h5-23,30,33,42-48,57H,24-29,31-32,34H2,1-4H3,(H,55,58)/t42-,43-,44-,45-,46-,47?,48+,53-/m1/s1. The minimum absolute atomic E-state index is 0.0218. The predicted molar refractivity (Wildman–Crippen MR) is 244 cm³/mol. The highest BCUT2D eigenvalue weighted by Crippen LogP contribution is 2.60. The molecule has 10 nitrogen and oxygen atoms in total. The number of allylic oxidation sites excluding steroid dienone is 1. The van der Waals surface area contributed by atoms with Crippen molar-refractivity contribution in [2.75, 3.05) is 20.2 Å². The molecule has 2 heterocycles. The van der Waals surface area contributed by atoms with E-state index < -0.39 is 42.0 Å². The Labute approximate surface area is 376 Å². The smallest absolute Gasteiger partial charge is 0.338 e. The van der Waals surface area contributed by atoms with Crippen molar-refractivity contribution in [3.05, 3.63) is 160 Å². The Hall–Kier alpha value is -5.39. The van der Waals surface area contributed by atoms with Crippen LogP contribution >= 0.6 is 0 Å². The Morgan fingerprint density at radius 2 is 1.52 bits per heavy atom. The van der Waals surface area contributed by atoms with Crippen LogP contribution in [0.2, 0.25) is 0 Å². The largest absolute Gasteiger partial charge is 0.456 e. The van der Waals surface area contributed by atoms with E-state index in [4.69, 9.17) is 18.9 Å². The van der Waals surface area contributed by atoms with Crippen molar-refractivity contribution in [3.8, 4) is 0 Å². The van der Waals surface area contributed by atoms with Crippen LogP contribution in [0.3, 0.4) is 0 Å². The van der Waals surface area contributed by atoms with Gasteiger partial charge in [0.15, 0.2) is 0 Å². The van der Waals surface area contributed by atoms with Crippen LogP contribution in [-0.4, -0.2) is 84.0 Å². The molecule has 334 valence electrons. The summed E-state index contributed by atoms with van der Waals surface area (Å²) in [5.74, 6) is -1.52. The Kier molecular flexibility index (Phi) is 12.2. The summed E-state index contributed by atoms with van der Waals surface area (Å²) in [4.78, 5) is 43.9. The fourth-order valence-corrected chi connectivity index (χ4v) is 10.8. The average Bonchev–Trinajstić information content (AvgIpc) is 3.77. The normalized spacial score (nSPS) is 28.6. The lowest BCUT2D eigenvalue weighted by Crippen LogP contribution is -2.51. The number of carbonyl (C=O) groups is 3. The number of fused-ring (bicyclic) bond motifs is 3. The van der Waals surface area contributed by atoms with Gasteiger partial charge >= 0.3 is 5.97 Å². The number of benzene rings is 4. The average molecular weight is 865 g/mol. The van der Waals surface area contributed by atoms with Crippen LogP contribution in [0.25, 0.3) is 6.08 Å². The molecule has 2 saturated heterocycles. The third kappa shape index (κ3) is 8.73. The van der Waals surface area contributed by atoms with E-state index in [2.05, 4.69) is 32.2 Å². The van der Waals surface area contributed by atoms with Gasteiger partial charge in [-0.25, -0.2) is 4.79 Å². The molecule has 2 N–H and O–H groups in total. The number of epoxide rings is 1. The number of hydrogen-bond donors (Lipinski definition) is 2. The molecule has 2 amide bonds. The van der Waals surface area contributed by atoms with E-state index >= 15 is 0 Å². The summed E-state index contributed by atoms with van der Waals surface area (Å²) >= 11 is 0. The molecule has 5 aliphatic rings. The first kappa shape index (κ1) is 43.8. The second-order valence-electron chi connectivity index (χ2n) is 19.2. The summed E-state index contributed by atoms with van der Waals surface area (Å²) in [5, 5.41) is 12.2. The highest BCUT2D eigenvalue weighted by atomic mass is 16.8. The van der Waals surface area contributed by atoms with Gasteiger partial charge in [-0.1, -0.05) is 129 Å². The quantitative estimate of drug-likeness (QED) is 0.108. The van der Waals surface area contributed by atoms with Gasteiger partial charge in [-0.3, -0.25) is 9.59 Å². The van der Waals surface area contributed by atoms with Crippen molar-refractivity contribution in [3.63, 3.8) is 0 Å². The van der Waals surface area contributed by atoms with Gasteiger partial charge in [0.25, 0.3) is 0 Å². The van der Waals surface area contributed by atoms with Crippen molar-refractivity contribution in [2.24, 2.45) is 17.3 Å². The van der Waals surface area contributed by atoms with E-state index in [-0.39, 0.29) is 37.5 Å². The fourth-order valence-electron chi connectivity index (χ4n) is 10.8. The molecule has 4 aromatic carbocycles. The monoisotopic (exact) mass is 864 g/mol. The summed E-state index contributed by atoms with van der Waals surface area (Å²) in [6, 6.07) is 35.5. The number of nitrogens with one attached hydrogen (secondary N) is 1. The highest BCUT2D eigenvalue weighted by Gasteiger charge is 2.57. The molecule has 9 rings (SSSR count). The maximum absolute atomic E-state index is 14.7. The second-order valence-corrected chi connectivity index (χ2v) is 19.2. The third-order valence-electron chi connectivity index (χ3n) is 14.6. The van der Waals surface area contributed by atoms with Gasteiger partial charge in [-0.2, -0.15) is 0 Å². The number of rotatable bonds is 12. The first-order valence-corrected chi connectivity index (χ1v) is 22.9. The zero-order valence-corrected chi connectivity index (χ0v) is 37.3. The summed E-state index contributed by atoms with van der Waals surface area (Å²) in [7, 11) is 1.60. The number of hydrogen-bond acceptors (Lipinski definition) is 8. The number of amides is 2. The first-order valence-electron chi connectivity index (χ1n) is 22.9. The molecule has 0 bridgehead atoms. The van der Waals surface area contributed by atoms with Crippen LogP contribution in [0, 0.1) is 17.3 Å². The minimum Gasteiger partial charge on any atom is -0.456 e. The van der Waals surface area contributed by atoms with Crippen LogP contribution in [0.4, 0.5) is 0 Å². The zero-order chi connectivity index (χ0) is 44.6. The number of carbonyl (C=O) groups excluding carboxylic acids is 3. The Balaban J connectivity index is 0.997. The fraction of sp³-hybridized carbons (Fsp3) is 0.426. The number of esters is 1. The summed E-state index contributed by atoms with van der Waals surface area (Å²) in [6.45, 7) is 6.88. The van der Waals surface area contributed by atoms with Gasteiger partial charge in [0, 0.05) is 43.1 Å². The SMILES string of the molecule is CN(C(=O)C1=C[C@H]2OC(c3ccccc3)(c3ccccc3)O[C@H]2[C@H](OC(=O)c2ccc(C=C3CCC4O[C@]4(C)CC[C@@H]4[C@@H]3CC4(C)C)cc2)C1)[C@H](Cc1ccccc1)C(=O)NCCO. The van der Waals surface area contributed by atoms with Crippen molar-refractivity contribution < 1.29 is 38.4 Å². The number of likely N-dealkylation sites (N-methyl/N-ethyl adjacent to an activating group) is 1. The van der Waals surface area contributed by atoms with Gasteiger partial charge in [-0.05, 0) is 85.6 Å². The lowest BCUT2D eigenvalue weighted by atomic mass is 9.52. The van der Waals surface area contributed by atoms with E-state index in [1.807, 2.05) is 115 Å². The van der Waals surface area contributed by atoms with E-state index in [1.54, 1.807) is 13.1 Å². The lowest BCUT2D eigenvalue weighted by molar-refractivity contribution is -0.157. The van der Waals surface area contributed by atoms with E-state index in [0.717, 1.165) is 41.5 Å². The predicted octanol–water partition coefficient (Wildman–Crippen LogP) is 8.18. The van der Waals surface area contributed by atoms with Gasteiger partial charge < -0.3 is 34.3 Å². The summed E-state index contributed by atoms with van der Waals surface area (Å²) in [6.07, 6.45) is 7.71. The third-order valence-corrected chi connectivity index (χ3v) is 14.6. The molecule has 3 aliphatic carbocycles. The second kappa shape index (κ2) is 17.9. The summed E-state index contributed by atoms with van der Waals surface area (Å²) in [5.41, 5.74) is 5.94. The minimum atomic E-state index is -1.37. The van der Waals surface area contributed by atoms with Crippen LogP contribution in [0.1, 0.15) is 91.9 Å². The van der Waals surface area contributed by atoms with Gasteiger partial charge in [0.05, 0.1) is 23.9 Å². The molecule has 8 atom stereocenters. The van der Waals surface area contributed by atoms with Crippen LogP contribution < -0.4 is 5.32 Å². The molecule has 4 fully saturated rings. The highest BCUT2D eigenvalue weighted by molar-refractivity contribution is 5.97. The number of ether oxygens (including phenoxy) is 4. The molecule has 1 unspecified atom stereocenters. The Morgan fingerprint density at radius 3 is 2.16 bits per heavy atom. The summed E-state index contributed by atoms with van der Waals surface area (Å²) < 4.78 is 26.5. The maximum Gasteiger partial charge on any atom is 0.338 e. The van der Waals surface area contributed by atoms with E-state index in [0.29, 0.717) is 34.5 Å². The molecule has 10 heteroatoms. The maximum atomic E-state index is 14.7. The molecule has 2 saturated carbocycles. The van der Waals surface area contributed by atoms with Crippen molar-refractivity contribution in [1.82, 2.24) is 10.2 Å². The first-order chi connectivity index (χ1) is 30.9. The number of nitrogens with zero attached hydrogens (tertiary/aromatic N) is 1. The van der Waals surface area contributed by atoms with E-state index in [1.165, 1.54) is 23.3 Å². The Bertz CT molecular complexity index is 2340. The topological polar surface area (TPSA) is 127 Å². The van der Waals surface area contributed by atoms with Gasteiger partial charge in [-0.15, -0.1) is 0 Å². The number of aliphatic hydroxyl groups excluding tert-OH is 1. The lowest BCUT2D eigenvalue weighted by Gasteiger charge is -2.53. The zero-order valence-electron chi connectivity index (χ0n) is 37.3. The molecule has 0 spiro atoms.